The van der Waals surface area contributed by atoms with Crippen LogP contribution in [0.2, 0.25) is 0 Å². The Labute approximate surface area is 118 Å². The molecule has 0 aromatic carbocycles. The smallest absolute Gasteiger partial charge is 0.329 e. The Morgan fingerprint density at radius 2 is 2.15 bits per heavy atom. The molecule has 0 aliphatic rings. The topological polar surface area (TPSA) is 82.5 Å². The van der Waals surface area contributed by atoms with Gasteiger partial charge in [0.25, 0.3) is 0 Å². The summed E-state index contributed by atoms with van der Waals surface area (Å²) in [4.78, 5) is 28.8. The lowest BCUT2D eigenvalue weighted by molar-refractivity contribution is -0.143. The molecule has 6 nitrogen and oxygen atoms in total. The van der Waals surface area contributed by atoms with E-state index in [2.05, 4.69) is 10.3 Å². The molecule has 0 saturated heterocycles. The van der Waals surface area contributed by atoms with Crippen LogP contribution in [0.15, 0.2) is 24.4 Å². The lowest BCUT2D eigenvalue weighted by atomic mass is 10.00. The third-order valence-electron chi connectivity index (χ3n) is 3.34. The number of rotatable bonds is 6. The summed E-state index contributed by atoms with van der Waals surface area (Å²) in [5.41, 5.74) is -0.347. The van der Waals surface area contributed by atoms with Crippen molar-refractivity contribution in [3.63, 3.8) is 0 Å². The second kappa shape index (κ2) is 6.88. The first-order chi connectivity index (χ1) is 9.39. The van der Waals surface area contributed by atoms with Crippen LogP contribution in [-0.2, 0) is 11.2 Å². The molecule has 2 N–H and O–H groups in total. The highest BCUT2D eigenvalue weighted by Gasteiger charge is 2.33. The molecule has 1 heterocycles. The van der Waals surface area contributed by atoms with E-state index in [1.165, 1.54) is 11.8 Å². The number of nitrogens with zero attached hydrogens (tertiary/aromatic N) is 2. The lowest BCUT2D eigenvalue weighted by Gasteiger charge is -2.28. The number of aliphatic carboxylic acids is 1. The summed E-state index contributed by atoms with van der Waals surface area (Å²) in [6, 6.07) is 5.22. The third-order valence-corrected chi connectivity index (χ3v) is 3.34. The summed E-state index contributed by atoms with van der Waals surface area (Å²) in [6.45, 7) is 3.70. The van der Waals surface area contributed by atoms with E-state index in [0.29, 0.717) is 19.4 Å². The second-order valence-corrected chi connectivity index (χ2v) is 4.91. The van der Waals surface area contributed by atoms with Gasteiger partial charge in [0.2, 0.25) is 0 Å². The number of hydrogen-bond donors (Lipinski definition) is 2. The molecule has 0 saturated carbocycles. The molecule has 1 unspecified atom stereocenters. The van der Waals surface area contributed by atoms with Crippen LogP contribution in [0.25, 0.3) is 0 Å². The van der Waals surface area contributed by atoms with Gasteiger partial charge in [-0.05, 0) is 25.5 Å². The fourth-order valence-corrected chi connectivity index (χ4v) is 1.55. The zero-order valence-corrected chi connectivity index (χ0v) is 12.1. The van der Waals surface area contributed by atoms with Gasteiger partial charge >= 0.3 is 12.0 Å². The van der Waals surface area contributed by atoms with Crippen molar-refractivity contribution in [2.45, 2.75) is 32.2 Å². The van der Waals surface area contributed by atoms with Crippen molar-refractivity contribution in [1.82, 2.24) is 15.2 Å². The molecule has 1 aromatic heterocycles. The fourth-order valence-electron chi connectivity index (χ4n) is 1.55. The summed E-state index contributed by atoms with van der Waals surface area (Å²) in [7, 11) is 1.64. The van der Waals surface area contributed by atoms with E-state index in [1.54, 1.807) is 20.2 Å². The summed E-state index contributed by atoms with van der Waals surface area (Å²) in [5, 5.41) is 11.7. The molecule has 0 aliphatic carbocycles. The Morgan fingerprint density at radius 1 is 1.45 bits per heavy atom. The lowest BCUT2D eigenvalue weighted by Crippen LogP contribution is -2.55. The molecule has 0 spiro atoms. The van der Waals surface area contributed by atoms with Gasteiger partial charge in [-0.15, -0.1) is 0 Å². The van der Waals surface area contributed by atoms with Crippen molar-refractivity contribution in [3.05, 3.63) is 30.1 Å². The van der Waals surface area contributed by atoms with Crippen molar-refractivity contribution in [2.24, 2.45) is 0 Å². The monoisotopic (exact) mass is 279 g/mol. The average Bonchev–Trinajstić information content (AvgIpc) is 2.45. The molecule has 110 valence electrons. The van der Waals surface area contributed by atoms with Crippen molar-refractivity contribution < 1.29 is 14.7 Å². The van der Waals surface area contributed by atoms with Crippen molar-refractivity contribution in [2.75, 3.05) is 13.6 Å². The first kappa shape index (κ1) is 15.9. The van der Waals surface area contributed by atoms with Gasteiger partial charge in [0, 0.05) is 31.9 Å². The summed E-state index contributed by atoms with van der Waals surface area (Å²) < 4.78 is 0. The fraction of sp³-hybridized carbons (Fsp3) is 0.500. The molecule has 1 atom stereocenters. The van der Waals surface area contributed by atoms with Crippen LogP contribution in [0.4, 0.5) is 4.79 Å². The maximum atomic E-state index is 12.0. The van der Waals surface area contributed by atoms with Gasteiger partial charge in [-0.1, -0.05) is 13.0 Å². The Bertz CT molecular complexity index is 464. The molecule has 2 amide bonds. The number of carbonyl (C=O) groups excluding carboxylic acids is 1. The van der Waals surface area contributed by atoms with Gasteiger partial charge in [-0.25, -0.2) is 9.59 Å². The van der Waals surface area contributed by atoms with Crippen LogP contribution in [0.1, 0.15) is 26.0 Å². The number of urea groups is 1. The number of carboxylic acid groups (broad SMARTS) is 1. The van der Waals surface area contributed by atoms with Gasteiger partial charge in [0.15, 0.2) is 0 Å². The number of carbonyl (C=O) groups is 2. The molecule has 0 radical (unpaired) electrons. The van der Waals surface area contributed by atoms with E-state index in [1.807, 2.05) is 18.2 Å². The molecule has 0 fully saturated rings. The van der Waals surface area contributed by atoms with Crippen LogP contribution in [0.5, 0.6) is 0 Å². The Morgan fingerprint density at radius 3 is 2.65 bits per heavy atom. The highest BCUT2D eigenvalue weighted by Crippen LogP contribution is 2.10. The minimum Gasteiger partial charge on any atom is -0.480 e. The molecule has 6 heteroatoms. The number of amides is 2. The molecule has 0 aliphatic heterocycles. The number of pyridine rings is 1. The van der Waals surface area contributed by atoms with Gasteiger partial charge in [-0.3, -0.25) is 4.98 Å². The summed E-state index contributed by atoms with van der Waals surface area (Å²) in [6.07, 6.45) is 2.65. The van der Waals surface area contributed by atoms with Crippen LogP contribution < -0.4 is 5.32 Å². The predicted octanol–water partition coefficient (Wildman–Crippen LogP) is 1.52. The number of nitrogens with one attached hydrogen (secondary N) is 1. The van der Waals surface area contributed by atoms with Crippen LogP contribution >= 0.6 is 0 Å². The largest absolute Gasteiger partial charge is 0.480 e. The maximum absolute atomic E-state index is 12.0. The van der Waals surface area contributed by atoms with Gasteiger partial charge in [0.05, 0.1) is 0 Å². The van der Waals surface area contributed by atoms with Crippen molar-refractivity contribution in [3.8, 4) is 0 Å². The highest BCUT2D eigenvalue weighted by atomic mass is 16.4. The molecule has 1 rings (SSSR count). The molecule has 0 bridgehead atoms. The van der Waals surface area contributed by atoms with Gasteiger partial charge in [0.1, 0.15) is 5.54 Å². The van der Waals surface area contributed by atoms with Crippen molar-refractivity contribution >= 4 is 12.0 Å². The highest BCUT2D eigenvalue weighted by molar-refractivity contribution is 5.85. The van der Waals surface area contributed by atoms with E-state index in [9.17, 15) is 9.59 Å². The Kier molecular flexibility index (Phi) is 5.49. The first-order valence-corrected chi connectivity index (χ1v) is 6.55. The number of hydrogen-bond acceptors (Lipinski definition) is 3. The van der Waals surface area contributed by atoms with E-state index >= 15 is 0 Å². The van der Waals surface area contributed by atoms with Crippen LogP contribution in [0, 0.1) is 0 Å². The Balaban J connectivity index is 2.53. The summed E-state index contributed by atoms with van der Waals surface area (Å²) >= 11 is 0. The molecular weight excluding hydrogens is 258 g/mol. The normalized spacial score (nSPS) is 13.3. The standard InChI is InChI=1S/C14H21N3O3/c1-4-14(2,12(18)19)16-13(20)17(3)10-8-11-7-5-6-9-15-11/h5-7,9H,4,8,10H2,1-3H3,(H,16,20)(H,18,19). The van der Waals surface area contributed by atoms with Crippen LogP contribution in [-0.4, -0.2) is 46.1 Å². The van der Waals surface area contributed by atoms with E-state index in [-0.39, 0.29) is 0 Å². The Hall–Kier alpha value is -2.11. The minimum atomic E-state index is -1.24. The second-order valence-electron chi connectivity index (χ2n) is 4.91. The zero-order valence-electron chi connectivity index (χ0n) is 12.1. The number of aromatic nitrogens is 1. The molecule has 20 heavy (non-hydrogen) atoms. The SMILES string of the molecule is CCC(C)(NC(=O)N(C)CCc1ccccn1)C(=O)O. The molecular formula is C14H21N3O3. The number of carboxylic acids is 1. The van der Waals surface area contributed by atoms with Crippen molar-refractivity contribution in [1.29, 1.82) is 0 Å². The average molecular weight is 279 g/mol. The number of likely N-dealkylation sites (N-methyl/N-ethyl adjacent to an activating group) is 1. The van der Waals surface area contributed by atoms with E-state index in [4.69, 9.17) is 5.11 Å². The zero-order chi connectivity index (χ0) is 15.2. The third kappa shape index (κ3) is 4.22. The quantitative estimate of drug-likeness (QED) is 0.827. The molecule has 1 aromatic rings. The van der Waals surface area contributed by atoms with E-state index < -0.39 is 17.5 Å². The predicted molar refractivity (Wildman–Crippen MR) is 75.4 cm³/mol. The van der Waals surface area contributed by atoms with E-state index in [0.717, 1.165) is 5.69 Å². The maximum Gasteiger partial charge on any atom is 0.329 e. The summed E-state index contributed by atoms with van der Waals surface area (Å²) in [5.74, 6) is -1.04. The minimum absolute atomic E-state index is 0.322. The van der Waals surface area contributed by atoms with Gasteiger partial charge < -0.3 is 15.3 Å². The van der Waals surface area contributed by atoms with Gasteiger partial charge in [-0.2, -0.15) is 0 Å². The first-order valence-electron chi connectivity index (χ1n) is 6.55. The van der Waals surface area contributed by atoms with Crippen LogP contribution in [0.3, 0.4) is 0 Å².